The van der Waals surface area contributed by atoms with E-state index in [1.807, 2.05) is 44.2 Å². The molecule has 0 N–H and O–H groups in total. The zero-order chi connectivity index (χ0) is 33.0. The van der Waals surface area contributed by atoms with Crippen LogP contribution in [0.1, 0.15) is 50.4 Å². The molecule has 5 rings (SSSR count). The number of nitrogens with zero attached hydrogens (tertiary/aromatic N) is 3. The first-order chi connectivity index (χ1) is 22.1. The first-order valence-electron chi connectivity index (χ1n) is 14.6. The van der Waals surface area contributed by atoms with Crippen LogP contribution in [-0.2, 0) is 16.1 Å². The van der Waals surface area contributed by atoms with Gasteiger partial charge in [0.1, 0.15) is 12.4 Å². The van der Waals surface area contributed by atoms with Gasteiger partial charge < -0.3 is 18.9 Å². The van der Waals surface area contributed by atoms with Crippen LogP contribution in [0.25, 0.3) is 6.08 Å². The van der Waals surface area contributed by atoms with Crippen molar-refractivity contribution in [3.8, 4) is 17.2 Å². The van der Waals surface area contributed by atoms with Crippen molar-refractivity contribution in [1.82, 2.24) is 4.57 Å². The molecule has 12 heteroatoms. The Morgan fingerprint density at radius 2 is 1.83 bits per heavy atom. The lowest BCUT2D eigenvalue weighted by Crippen LogP contribution is -2.39. The molecule has 4 aromatic rings. The van der Waals surface area contributed by atoms with E-state index < -0.39 is 22.5 Å². The number of benzene rings is 3. The number of aromatic nitrogens is 1. The van der Waals surface area contributed by atoms with Crippen LogP contribution >= 0.6 is 11.3 Å². The highest BCUT2D eigenvalue weighted by atomic mass is 32.1. The molecule has 2 heterocycles. The number of fused-ring (bicyclic) bond motifs is 1. The van der Waals surface area contributed by atoms with Crippen molar-refractivity contribution in [2.24, 2.45) is 4.99 Å². The molecule has 0 spiro atoms. The van der Waals surface area contributed by atoms with E-state index in [0.29, 0.717) is 21.8 Å². The summed E-state index contributed by atoms with van der Waals surface area (Å²) in [6.07, 6.45) is 1.40. The van der Waals surface area contributed by atoms with Gasteiger partial charge in [0.25, 0.3) is 11.2 Å². The minimum Gasteiger partial charge on any atom is -0.493 e. The number of nitro benzene ring substituents is 1. The summed E-state index contributed by atoms with van der Waals surface area (Å²) in [5.74, 6) is 0.512. The van der Waals surface area contributed by atoms with E-state index in [1.165, 1.54) is 29.9 Å². The molecule has 0 saturated carbocycles. The average Bonchev–Trinajstić information content (AvgIpc) is 3.33. The molecule has 0 bridgehead atoms. The highest BCUT2D eigenvalue weighted by Gasteiger charge is 2.33. The van der Waals surface area contributed by atoms with E-state index >= 15 is 0 Å². The molecule has 0 saturated heterocycles. The third kappa shape index (κ3) is 6.71. The Morgan fingerprint density at radius 3 is 2.46 bits per heavy atom. The molecule has 1 aliphatic heterocycles. The standard InChI is InChI=1S/C34H33N3O8S/c1-6-43-33(39)30-21(4)35-34-36(31(30)23-12-14-25(15-13-23)45-20(2)3)32(38)29(46-34)17-24-16-27(42-5)28(18-26(24)37(40)41)44-19-22-10-8-7-9-11-22/h7-18,20,31H,6,19H2,1-5H3/b29-17-/t31-/m0/s1. The molecule has 0 aliphatic carbocycles. The van der Waals surface area contributed by atoms with Gasteiger partial charge in [-0.05, 0) is 63.1 Å². The highest BCUT2D eigenvalue weighted by molar-refractivity contribution is 7.07. The van der Waals surface area contributed by atoms with Gasteiger partial charge in [-0.25, -0.2) is 9.79 Å². The van der Waals surface area contributed by atoms with Crippen LogP contribution in [0, 0.1) is 10.1 Å². The number of allylic oxidation sites excluding steroid dienone is 1. The first-order valence-corrected chi connectivity index (χ1v) is 15.4. The van der Waals surface area contributed by atoms with Crippen LogP contribution < -0.4 is 29.1 Å². The van der Waals surface area contributed by atoms with Crippen LogP contribution in [-0.4, -0.2) is 35.3 Å². The summed E-state index contributed by atoms with van der Waals surface area (Å²) in [5.41, 5.74) is 1.57. The van der Waals surface area contributed by atoms with Crippen molar-refractivity contribution in [3.05, 3.63) is 124 Å². The number of esters is 1. The fraction of sp³-hybridized carbons (Fsp3) is 0.265. The molecule has 1 atom stereocenters. The van der Waals surface area contributed by atoms with Crippen LogP contribution in [0.2, 0.25) is 0 Å². The van der Waals surface area contributed by atoms with Crippen LogP contribution in [0.5, 0.6) is 17.2 Å². The number of ether oxygens (including phenoxy) is 4. The topological polar surface area (TPSA) is 131 Å². The molecule has 0 amide bonds. The number of thiazole rings is 1. The zero-order valence-corrected chi connectivity index (χ0v) is 26.8. The van der Waals surface area contributed by atoms with Crippen molar-refractivity contribution in [3.63, 3.8) is 0 Å². The number of rotatable bonds is 11. The maximum Gasteiger partial charge on any atom is 0.338 e. The third-order valence-electron chi connectivity index (χ3n) is 7.12. The fourth-order valence-electron chi connectivity index (χ4n) is 5.10. The number of carbonyl (C=O) groups excluding carboxylic acids is 1. The van der Waals surface area contributed by atoms with E-state index in [9.17, 15) is 19.7 Å². The summed E-state index contributed by atoms with van der Waals surface area (Å²) >= 11 is 1.07. The summed E-state index contributed by atoms with van der Waals surface area (Å²) in [6.45, 7) is 7.55. The molecule has 3 aromatic carbocycles. The number of carbonyl (C=O) groups is 1. The highest BCUT2D eigenvalue weighted by Crippen LogP contribution is 2.36. The van der Waals surface area contributed by atoms with E-state index in [0.717, 1.165) is 16.9 Å². The third-order valence-corrected chi connectivity index (χ3v) is 8.10. The average molecular weight is 644 g/mol. The number of methoxy groups -OCH3 is 1. The largest absolute Gasteiger partial charge is 0.493 e. The molecular weight excluding hydrogens is 610 g/mol. The quantitative estimate of drug-likeness (QED) is 0.126. The van der Waals surface area contributed by atoms with E-state index in [-0.39, 0.29) is 52.2 Å². The molecule has 1 aromatic heterocycles. The Kier molecular flexibility index (Phi) is 9.67. The van der Waals surface area contributed by atoms with Gasteiger partial charge in [0, 0.05) is 0 Å². The number of hydrogen-bond acceptors (Lipinski definition) is 10. The molecule has 0 unspecified atom stereocenters. The van der Waals surface area contributed by atoms with Gasteiger partial charge in [0.2, 0.25) is 0 Å². The lowest BCUT2D eigenvalue weighted by Gasteiger charge is -2.25. The van der Waals surface area contributed by atoms with Crippen LogP contribution in [0.4, 0.5) is 5.69 Å². The maximum atomic E-state index is 14.1. The summed E-state index contributed by atoms with van der Waals surface area (Å²) in [4.78, 5) is 43.8. The summed E-state index contributed by atoms with van der Waals surface area (Å²) < 4.78 is 24.1. The molecule has 11 nitrogen and oxygen atoms in total. The van der Waals surface area contributed by atoms with Gasteiger partial charge in [0.05, 0.1) is 58.2 Å². The second-order valence-electron chi connectivity index (χ2n) is 10.6. The van der Waals surface area contributed by atoms with Crippen molar-refractivity contribution >= 4 is 29.1 Å². The predicted molar refractivity (Wildman–Crippen MR) is 173 cm³/mol. The monoisotopic (exact) mass is 643 g/mol. The van der Waals surface area contributed by atoms with Crippen molar-refractivity contribution < 1.29 is 28.7 Å². The molecule has 238 valence electrons. The van der Waals surface area contributed by atoms with Gasteiger partial charge in [-0.3, -0.25) is 19.5 Å². The summed E-state index contributed by atoms with van der Waals surface area (Å²) in [7, 11) is 1.44. The van der Waals surface area contributed by atoms with Gasteiger partial charge in [-0.1, -0.05) is 53.8 Å². The smallest absolute Gasteiger partial charge is 0.338 e. The normalized spacial score (nSPS) is 14.5. The Labute approximate surface area is 268 Å². The molecule has 0 radical (unpaired) electrons. The van der Waals surface area contributed by atoms with E-state index in [2.05, 4.69) is 4.99 Å². The number of nitro groups is 1. The number of hydrogen-bond donors (Lipinski definition) is 0. The second-order valence-corrected chi connectivity index (χ2v) is 11.6. The molecule has 0 fully saturated rings. The first kappa shape index (κ1) is 32.2. The van der Waals surface area contributed by atoms with E-state index in [4.69, 9.17) is 18.9 Å². The minimum absolute atomic E-state index is 0.0343. The van der Waals surface area contributed by atoms with Crippen molar-refractivity contribution in [2.45, 2.75) is 46.4 Å². The molecule has 46 heavy (non-hydrogen) atoms. The van der Waals surface area contributed by atoms with Crippen molar-refractivity contribution in [2.75, 3.05) is 13.7 Å². The Balaban J connectivity index is 1.63. The maximum absolute atomic E-state index is 14.1. The Hall–Kier alpha value is -5.23. The second kappa shape index (κ2) is 13.8. The summed E-state index contributed by atoms with van der Waals surface area (Å²) in [6, 6.07) is 18.4. The van der Waals surface area contributed by atoms with Gasteiger partial charge in [-0.2, -0.15) is 0 Å². The predicted octanol–water partition coefficient (Wildman–Crippen LogP) is 5.08. The fourth-order valence-corrected chi connectivity index (χ4v) is 6.13. The zero-order valence-electron chi connectivity index (χ0n) is 26.0. The lowest BCUT2D eigenvalue weighted by atomic mass is 9.96. The van der Waals surface area contributed by atoms with Gasteiger partial charge in [-0.15, -0.1) is 0 Å². The Bertz CT molecular complexity index is 1980. The summed E-state index contributed by atoms with van der Waals surface area (Å²) in [5, 5.41) is 12.2. The molecule has 1 aliphatic rings. The SMILES string of the molecule is CCOC(=O)C1=C(C)N=c2s/c(=C\c3cc(OC)c(OCc4ccccc4)cc3[N+](=O)[O-])c(=O)n2[C@H]1c1ccc(OC(C)C)cc1. The molecular formula is C34H33N3O8S. The van der Waals surface area contributed by atoms with Gasteiger partial charge >= 0.3 is 5.97 Å². The van der Waals surface area contributed by atoms with E-state index in [1.54, 1.807) is 38.1 Å². The lowest BCUT2D eigenvalue weighted by molar-refractivity contribution is -0.385. The van der Waals surface area contributed by atoms with Crippen LogP contribution in [0.3, 0.4) is 0 Å². The van der Waals surface area contributed by atoms with Crippen molar-refractivity contribution in [1.29, 1.82) is 0 Å². The Morgan fingerprint density at radius 1 is 1.11 bits per heavy atom. The van der Waals surface area contributed by atoms with Crippen LogP contribution in [0.15, 0.2) is 87.8 Å². The minimum atomic E-state index is -0.844. The van der Waals surface area contributed by atoms with Gasteiger partial charge in [0.15, 0.2) is 16.3 Å².